The van der Waals surface area contributed by atoms with Gasteiger partial charge in [0.25, 0.3) is 15.9 Å². The summed E-state index contributed by atoms with van der Waals surface area (Å²) in [5.74, 6) is -1.04. The average Bonchev–Trinajstić information content (AvgIpc) is 3.05. The molecule has 1 N–H and O–H groups in total. The number of carbonyl (C=O) groups is 3. The van der Waals surface area contributed by atoms with E-state index < -0.39 is 22.0 Å². The van der Waals surface area contributed by atoms with Gasteiger partial charge in [-0.2, -0.15) is 0 Å². The van der Waals surface area contributed by atoms with Crippen molar-refractivity contribution in [2.75, 3.05) is 6.54 Å². The van der Waals surface area contributed by atoms with E-state index in [-0.39, 0.29) is 54.2 Å². The highest BCUT2D eigenvalue weighted by molar-refractivity contribution is 7.90. The maximum Gasteiger partial charge on any atom is 0.269 e. The van der Waals surface area contributed by atoms with Crippen LogP contribution in [0, 0.1) is 6.92 Å². The normalized spacial score (nSPS) is 15.8. The first kappa shape index (κ1) is 27.4. The first-order valence-corrected chi connectivity index (χ1v) is 13.9. The number of fused-ring (bicyclic) bond motifs is 1. The predicted molar refractivity (Wildman–Crippen MR) is 138 cm³/mol. The van der Waals surface area contributed by atoms with Crippen molar-refractivity contribution in [1.82, 2.24) is 14.5 Å². The number of nitrogens with zero attached hydrogens (tertiary/aromatic N) is 2. The average molecular weight is 514 g/mol. The smallest absolute Gasteiger partial charge is 0.269 e. The Bertz CT molecular complexity index is 1210. The lowest BCUT2D eigenvalue weighted by Crippen LogP contribution is -2.50. The van der Waals surface area contributed by atoms with Gasteiger partial charge >= 0.3 is 0 Å². The van der Waals surface area contributed by atoms with Crippen molar-refractivity contribution >= 4 is 27.7 Å². The van der Waals surface area contributed by atoms with Gasteiger partial charge in [-0.25, -0.2) is 12.7 Å². The molecule has 0 aliphatic carbocycles. The first-order chi connectivity index (χ1) is 17.1. The molecule has 36 heavy (non-hydrogen) atoms. The molecular weight excluding hydrogens is 478 g/mol. The Morgan fingerprint density at radius 2 is 1.69 bits per heavy atom. The molecule has 1 heterocycles. The second-order valence-electron chi connectivity index (χ2n) is 9.23. The van der Waals surface area contributed by atoms with Crippen LogP contribution < -0.4 is 5.32 Å². The standard InChI is InChI=1S/C27H35N3O5S/c1-5-20(4)28-26(32)23(6-2)29(18-21-15-13-19(3)14-16-21)25(31)12-9-17-30-27(33)22-10-7-8-11-24(22)36(30,34)35/h7-8,10-11,13-16,20,23H,5-6,9,12,17-18H2,1-4H3,(H,28,32)/t20-,23-/m1/s1. The Hall–Kier alpha value is -3.20. The molecule has 0 unspecified atom stereocenters. The first-order valence-electron chi connectivity index (χ1n) is 12.4. The van der Waals surface area contributed by atoms with E-state index in [1.807, 2.05) is 52.0 Å². The summed E-state index contributed by atoms with van der Waals surface area (Å²) in [4.78, 5) is 40.7. The van der Waals surface area contributed by atoms with Gasteiger partial charge < -0.3 is 10.2 Å². The fraction of sp³-hybridized carbons (Fsp3) is 0.444. The lowest BCUT2D eigenvalue weighted by Gasteiger charge is -2.31. The Morgan fingerprint density at radius 3 is 2.31 bits per heavy atom. The Morgan fingerprint density at radius 1 is 1.03 bits per heavy atom. The number of nitrogens with one attached hydrogen (secondary N) is 1. The molecule has 0 radical (unpaired) electrons. The van der Waals surface area contributed by atoms with Gasteiger partial charge in [-0.1, -0.05) is 55.8 Å². The van der Waals surface area contributed by atoms with Crippen molar-refractivity contribution in [2.45, 2.75) is 76.9 Å². The molecular formula is C27H35N3O5S. The quantitative estimate of drug-likeness (QED) is 0.494. The van der Waals surface area contributed by atoms with Crippen LogP contribution in [0.5, 0.6) is 0 Å². The molecule has 1 aliphatic heterocycles. The number of benzene rings is 2. The van der Waals surface area contributed by atoms with E-state index in [1.54, 1.807) is 17.0 Å². The molecule has 3 rings (SSSR count). The number of rotatable bonds is 11. The zero-order valence-corrected chi connectivity index (χ0v) is 22.2. The number of hydrogen-bond donors (Lipinski definition) is 1. The van der Waals surface area contributed by atoms with Crippen molar-refractivity contribution in [3.05, 3.63) is 65.2 Å². The van der Waals surface area contributed by atoms with E-state index in [4.69, 9.17) is 0 Å². The summed E-state index contributed by atoms with van der Waals surface area (Å²) in [7, 11) is -3.92. The van der Waals surface area contributed by atoms with E-state index >= 15 is 0 Å². The van der Waals surface area contributed by atoms with Crippen LogP contribution >= 0.6 is 0 Å². The van der Waals surface area contributed by atoms with E-state index in [1.165, 1.54) is 12.1 Å². The Kier molecular flexibility index (Phi) is 8.89. The number of aryl methyl sites for hydroxylation is 1. The summed E-state index contributed by atoms with van der Waals surface area (Å²) in [5, 5.41) is 2.97. The van der Waals surface area contributed by atoms with Crippen molar-refractivity contribution < 1.29 is 22.8 Å². The third-order valence-corrected chi connectivity index (χ3v) is 8.36. The van der Waals surface area contributed by atoms with Crippen LogP contribution in [-0.4, -0.2) is 54.0 Å². The van der Waals surface area contributed by atoms with Crippen molar-refractivity contribution in [2.24, 2.45) is 0 Å². The minimum Gasteiger partial charge on any atom is -0.352 e. The SMILES string of the molecule is CC[C@@H](C)NC(=O)[C@@H](CC)N(Cc1ccc(C)cc1)C(=O)CCCN1C(=O)c2ccccc2S1(=O)=O. The van der Waals surface area contributed by atoms with E-state index in [2.05, 4.69) is 5.32 Å². The van der Waals surface area contributed by atoms with Crippen molar-refractivity contribution in [3.8, 4) is 0 Å². The van der Waals surface area contributed by atoms with Crippen molar-refractivity contribution in [1.29, 1.82) is 0 Å². The highest BCUT2D eigenvalue weighted by atomic mass is 32.2. The number of amides is 3. The molecule has 2 aromatic rings. The molecule has 0 saturated carbocycles. The zero-order valence-electron chi connectivity index (χ0n) is 21.4. The molecule has 8 nitrogen and oxygen atoms in total. The van der Waals surface area contributed by atoms with Crippen LogP contribution in [0.4, 0.5) is 0 Å². The summed E-state index contributed by atoms with van der Waals surface area (Å²) >= 11 is 0. The number of sulfonamides is 1. The molecule has 9 heteroatoms. The van der Waals surface area contributed by atoms with Crippen LogP contribution in [0.2, 0.25) is 0 Å². The third kappa shape index (κ3) is 5.95. The van der Waals surface area contributed by atoms with Crippen LogP contribution in [0.3, 0.4) is 0 Å². The lowest BCUT2D eigenvalue weighted by atomic mass is 10.1. The highest BCUT2D eigenvalue weighted by Gasteiger charge is 2.40. The van der Waals surface area contributed by atoms with Gasteiger partial charge in [0.2, 0.25) is 11.8 Å². The zero-order chi connectivity index (χ0) is 26.5. The van der Waals surface area contributed by atoms with Crippen LogP contribution in [0.15, 0.2) is 53.4 Å². The Balaban J connectivity index is 1.74. The van der Waals surface area contributed by atoms with E-state index in [9.17, 15) is 22.8 Å². The molecule has 2 aromatic carbocycles. The molecule has 2 atom stereocenters. The monoisotopic (exact) mass is 513 g/mol. The summed E-state index contributed by atoms with van der Waals surface area (Å²) in [6.07, 6.45) is 1.38. The summed E-state index contributed by atoms with van der Waals surface area (Å²) in [5.41, 5.74) is 2.14. The van der Waals surface area contributed by atoms with E-state index in [0.717, 1.165) is 21.9 Å². The van der Waals surface area contributed by atoms with Gasteiger partial charge in [-0.05, 0) is 50.8 Å². The van der Waals surface area contributed by atoms with Gasteiger partial charge in [0.05, 0.1) is 5.56 Å². The highest BCUT2D eigenvalue weighted by Crippen LogP contribution is 2.30. The summed E-state index contributed by atoms with van der Waals surface area (Å²) in [6, 6.07) is 13.2. The van der Waals surface area contributed by atoms with Gasteiger partial charge in [-0.3, -0.25) is 14.4 Å². The lowest BCUT2D eigenvalue weighted by molar-refractivity contribution is -0.141. The molecule has 0 spiro atoms. The molecule has 3 amide bonds. The predicted octanol–water partition coefficient (Wildman–Crippen LogP) is 3.64. The third-order valence-electron chi connectivity index (χ3n) is 6.52. The molecule has 194 valence electrons. The van der Waals surface area contributed by atoms with Crippen LogP contribution in [-0.2, 0) is 26.2 Å². The summed E-state index contributed by atoms with van der Waals surface area (Å²) in [6.45, 7) is 7.90. The minimum absolute atomic E-state index is 0.00455. The van der Waals surface area contributed by atoms with Crippen molar-refractivity contribution in [3.63, 3.8) is 0 Å². The van der Waals surface area contributed by atoms with Gasteiger partial charge in [0, 0.05) is 25.6 Å². The van der Waals surface area contributed by atoms with Crippen LogP contribution in [0.1, 0.15) is 67.9 Å². The maximum atomic E-state index is 13.4. The number of hydrogen-bond acceptors (Lipinski definition) is 5. The summed E-state index contributed by atoms with van der Waals surface area (Å²) < 4.78 is 26.4. The fourth-order valence-corrected chi connectivity index (χ4v) is 5.83. The molecule has 0 bridgehead atoms. The minimum atomic E-state index is -3.92. The molecule has 1 aliphatic rings. The topological polar surface area (TPSA) is 104 Å². The molecule has 0 saturated heterocycles. The van der Waals surface area contributed by atoms with Gasteiger partial charge in [0.15, 0.2) is 0 Å². The van der Waals surface area contributed by atoms with Gasteiger partial charge in [-0.15, -0.1) is 0 Å². The molecule has 0 aromatic heterocycles. The fourth-order valence-electron chi connectivity index (χ4n) is 4.22. The molecule has 0 fully saturated rings. The van der Waals surface area contributed by atoms with E-state index in [0.29, 0.717) is 6.42 Å². The number of carbonyl (C=O) groups excluding carboxylic acids is 3. The maximum absolute atomic E-state index is 13.4. The van der Waals surface area contributed by atoms with Gasteiger partial charge in [0.1, 0.15) is 10.9 Å². The van der Waals surface area contributed by atoms with Crippen LogP contribution in [0.25, 0.3) is 0 Å². The second-order valence-corrected chi connectivity index (χ2v) is 11.1. The second kappa shape index (κ2) is 11.7. The Labute approximate surface area is 213 Å². The largest absolute Gasteiger partial charge is 0.352 e.